The van der Waals surface area contributed by atoms with Crippen LogP contribution in [0.5, 0.6) is 0 Å². The van der Waals surface area contributed by atoms with Gasteiger partial charge in [0.05, 0.1) is 12.7 Å². The predicted octanol–water partition coefficient (Wildman–Crippen LogP) is 1.94. The Morgan fingerprint density at radius 1 is 1.44 bits per heavy atom. The lowest BCUT2D eigenvalue weighted by molar-refractivity contribution is 0.0384. The van der Waals surface area contributed by atoms with E-state index < -0.39 is 0 Å². The topological polar surface area (TPSA) is 38.5 Å². The second-order valence-corrected chi connectivity index (χ2v) is 4.70. The summed E-state index contributed by atoms with van der Waals surface area (Å²) in [6, 6.07) is 5.19. The Morgan fingerprint density at radius 3 is 3.00 bits per heavy atom. The Morgan fingerprint density at radius 2 is 2.28 bits per heavy atom. The zero-order valence-corrected chi connectivity index (χ0v) is 10.9. The van der Waals surface area contributed by atoms with E-state index in [1.165, 1.54) is 0 Å². The van der Waals surface area contributed by atoms with Crippen LogP contribution in [-0.4, -0.2) is 32.3 Å². The molecule has 0 amide bonds. The number of anilines is 1. The third kappa shape index (κ3) is 3.21. The van der Waals surface area contributed by atoms with Gasteiger partial charge in [-0.2, -0.15) is 0 Å². The summed E-state index contributed by atoms with van der Waals surface area (Å²) < 4.78 is 19.2. The molecule has 0 bridgehead atoms. The molecular formula is C14H21FN2O. The summed E-state index contributed by atoms with van der Waals surface area (Å²) in [5, 5.41) is 0. The van der Waals surface area contributed by atoms with Gasteiger partial charge in [0.15, 0.2) is 0 Å². The van der Waals surface area contributed by atoms with Crippen LogP contribution in [0.1, 0.15) is 18.9 Å². The van der Waals surface area contributed by atoms with Gasteiger partial charge in [-0.1, -0.05) is 6.92 Å². The lowest BCUT2D eigenvalue weighted by Crippen LogP contribution is -2.42. The molecule has 100 valence electrons. The number of rotatable bonds is 4. The first kappa shape index (κ1) is 13.3. The van der Waals surface area contributed by atoms with Gasteiger partial charge in [-0.15, -0.1) is 0 Å². The maximum atomic E-state index is 13.6. The van der Waals surface area contributed by atoms with Crippen molar-refractivity contribution < 1.29 is 9.13 Å². The summed E-state index contributed by atoms with van der Waals surface area (Å²) >= 11 is 0. The van der Waals surface area contributed by atoms with Gasteiger partial charge < -0.3 is 15.4 Å². The molecule has 18 heavy (non-hydrogen) atoms. The minimum Gasteiger partial charge on any atom is -0.375 e. The predicted molar refractivity (Wildman–Crippen MR) is 71.4 cm³/mol. The molecule has 2 rings (SSSR count). The highest BCUT2D eigenvalue weighted by Gasteiger charge is 2.19. The fourth-order valence-electron chi connectivity index (χ4n) is 2.33. The van der Waals surface area contributed by atoms with Crippen LogP contribution < -0.4 is 10.6 Å². The first-order chi connectivity index (χ1) is 8.72. The van der Waals surface area contributed by atoms with E-state index in [-0.39, 0.29) is 11.9 Å². The standard InChI is InChI=1S/C14H21FN2O/c1-2-14-10-17(5-6-18-14)13-8-11(3-4-16)7-12(15)9-13/h7-9,14H,2-6,10,16H2,1H3. The fourth-order valence-corrected chi connectivity index (χ4v) is 2.33. The highest BCUT2D eigenvalue weighted by molar-refractivity contribution is 5.49. The quantitative estimate of drug-likeness (QED) is 0.890. The van der Waals surface area contributed by atoms with Crippen molar-refractivity contribution in [1.29, 1.82) is 0 Å². The van der Waals surface area contributed by atoms with Crippen LogP contribution in [0.4, 0.5) is 10.1 Å². The molecule has 1 heterocycles. The molecule has 1 unspecified atom stereocenters. The van der Waals surface area contributed by atoms with E-state index >= 15 is 0 Å². The van der Waals surface area contributed by atoms with E-state index in [2.05, 4.69) is 11.8 Å². The zero-order chi connectivity index (χ0) is 13.0. The van der Waals surface area contributed by atoms with E-state index in [0.717, 1.165) is 30.8 Å². The summed E-state index contributed by atoms with van der Waals surface area (Å²) in [7, 11) is 0. The lowest BCUT2D eigenvalue weighted by Gasteiger charge is -2.34. The van der Waals surface area contributed by atoms with Gasteiger partial charge in [-0.3, -0.25) is 0 Å². The Balaban J connectivity index is 2.16. The normalized spacial score (nSPS) is 20.2. The molecule has 1 aliphatic heterocycles. The van der Waals surface area contributed by atoms with Crippen LogP contribution in [0.2, 0.25) is 0 Å². The number of halogens is 1. The Hall–Kier alpha value is -1.13. The number of nitrogens with zero attached hydrogens (tertiary/aromatic N) is 1. The highest BCUT2D eigenvalue weighted by atomic mass is 19.1. The smallest absolute Gasteiger partial charge is 0.125 e. The largest absolute Gasteiger partial charge is 0.375 e. The number of benzene rings is 1. The van der Waals surface area contributed by atoms with E-state index in [1.807, 2.05) is 6.07 Å². The average molecular weight is 252 g/mol. The summed E-state index contributed by atoms with van der Waals surface area (Å²) in [6.07, 6.45) is 1.95. The molecular weight excluding hydrogens is 231 g/mol. The number of hydrogen-bond acceptors (Lipinski definition) is 3. The molecule has 1 fully saturated rings. The van der Waals surface area contributed by atoms with Crippen molar-refractivity contribution in [2.75, 3.05) is 31.1 Å². The van der Waals surface area contributed by atoms with Gasteiger partial charge in [-0.25, -0.2) is 4.39 Å². The van der Waals surface area contributed by atoms with Crippen molar-refractivity contribution in [3.63, 3.8) is 0 Å². The molecule has 1 aromatic rings. The third-order valence-corrected chi connectivity index (χ3v) is 3.33. The summed E-state index contributed by atoms with van der Waals surface area (Å²) in [5.74, 6) is -0.185. The van der Waals surface area contributed by atoms with Gasteiger partial charge in [0.25, 0.3) is 0 Å². The Kier molecular flexibility index (Phi) is 4.55. The summed E-state index contributed by atoms with van der Waals surface area (Å²) in [6.45, 7) is 5.02. The van der Waals surface area contributed by atoms with Gasteiger partial charge in [0, 0.05) is 18.8 Å². The van der Waals surface area contributed by atoms with E-state index in [4.69, 9.17) is 10.5 Å². The number of nitrogens with two attached hydrogens (primary N) is 1. The molecule has 0 aromatic heterocycles. The molecule has 0 radical (unpaired) electrons. The van der Waals surface area contributed by atoms with E-state index in [9.17, 15) is 4.39 Å². The number of hydrogen-bond donors (Lipinski definition) is 1. The highest BCUT2D eigenvalue weighted by Crippen LogP contribution is 2.22. The minimum absolute atomic E-state index is 0.185. The SMILES string of the molecule is CCC1CN(c2cc(F)cc(CCN)c2)CCO1. The molecule has 1 atom stereocenters. The molecule has 0 spiro atoms. The molecule has 3 nitrogen and oxygen atoms in total. The minimum atomic E-state index is -0.185. The zero-order valence-electron chi connectivity index (χ0n) is 10.9. The first-order valence-electron chi connectivity index (χ1n) is 6.59. The van der Waals surface area contributed by atoms with Crippen molar-refractivity contribution in [1.82, 2.24) is 0 Å². The maximum absolute atomic E-state index is 13.6. The van der Waals surface area contributed by atoms with Crippen molar-refractivity contribution in [3.05, 3.63) is 29.6 Å². The number of morpholine rings is 1. The second-order valence-electron chi connectivity index (χ2n) is 4.70. The molecule has 1 saturated heterocycles. The van der Waals surface area contributed by atoms with Crippen LogP contribution in [0.15, 0.2) is 18.2 Å². The lowest BCUT2D eigenvalue weighted by atomic mass is 10.1. The van der Waals surface area contributed by atoms with Crippen LogP contribution in [0, 0.1) is 5.82 Å². The van der Waals surface area contributed by atoms with Gasteiger partial charge in [0.2, 0.25) is 0 Å². The van der Waals surface area contributed by atoms with Crippen LogP contribution in [-0.2, 0) is 11.2 Å². The third-order valence-electron chi connectivity index (χ3n) is 3.33. The maximum Gasteiger partial charge on any atom is 0.125 e. The molecule has 1 aromatic carbocycles. The first-order valence-corrected chi connectivity index (χ1v) is 6.59. The fraction of sp³-hybridized carbons (Fsp3) is 0.571. The van der Waals surface area contributed by atoms with Crippen molar-refractivity contribution in [3.8, 4) is 0 Å². The Bertz CT molecular complexity index is 397. The number of ether oxygens (including phenoxy) is 1. The van der Waals surface area contributed by atoms with Crippen LogP contribution >= 0.6 is 0 Å². The van der Waals surface area contributed by atoms with Crippen molar-refractivity contribution in [2.45, 2.75) is 25.9 Å². The molecule has 1 aliphatic rings. The van der Waals surface area contributed by atoms with E-state index in [0.29, 0.717) is 19.6 Å². The monoisotopic (exact) mass is 252 g/mol. The second kappa shape index (κ2) is 6.16. The van der Waals surface area contributed by atoms with Crippen molar-refractivity contribution >= 4 is 5.69 Å². The molecule has 4 heteroatoms. The van der Waals surface area contributed by atoms with Gasteiger partial charge >= 0.3 is 0 Å². The van der Waals surface area contributed by atoms with E-state index in [1.54, 1.807) is 12.1 Å². The summed E-state index contributed by atoms with van der Waals surface area (Å²) in [5.41, 5.74) is 7.44. The van der Waals surface area contributed by atoms with Gasteiger partial charge in [0.1, 0.15) is 5.82 Å². The molecule has 0 aliphatic carbocycles. The summed E-state index contributed by atoms with van der Waals surface area (Å²) in [4.78, 5) is 2.20. The van der Waals surface area contributed by atoms with Crippen LogP contribution in [0.3, 0.4) is 0 Å². The average Bonchev–Trinajstić information content (AvgIpc) is 2.38. The molecule has 2 N–H and O–H groups in total. The Labute approximate surface area is 108 Å². The van der Waals surface area contributed by atoms with Crippen LogP contribution in [0.25, 0.3) is 0 Å². The van der Waals surface area contributed by atoms with Gasteiger partial charge in [-0.05, 0) is 43.1 Å². The molecule has 0 saturated carbocycles. The van der Waals surface area contributed by atoms with Crippen molar-refractivity contribution in [2.24, 2.45) is 5.73 Å².